The fourth-order valence-electron chi connectivity index (χ4n) is 4.86. The molecule has 5 nitrogen and oxygen atoms in total. The summed E-state index contributed by atoms with van der Waals surface area (Å²) in [5.74, 6) is -1.42. The van der Waals surface area contributed by atoms with E-state index in [0.29, 0.717) is 29.1 Å². The molecule has 0 saturated carbocycles. The van der Waals surface area contributed by atoms with Gasteiger partial charge in [-0.2, -0.15) is 0 Å². The van der Waals surface area contributed by atoms with Gasteiger partial charge in [0.2, 0.25) is 0 Å². The molecule has 1 aliphatic carbocycles. The highest BCUT2D eigenvalue weighted by Gasteiger charge is 2.44. The highest BCUT2D eigenvalue weighted by molar-refractivity contribution is 6.31. The number of ether oxygens (including phenoxy) is 1. The molecule has 0 aromatic heterocycles. The highest BCUT2D eigenvalue weighted by atomic mass is 35.5. The molecule has 0 radical (unpaired) electrons. The Bertz CT molecular complexity index is 1120. The fourth-order valence-corrected chi connectivity index (χ4v) is 5.15. The molecule has 2 aromatic rings. The van der Waals surface area contributed by atoms with Crippen LogP contribution >= 0.6 is 11.6 Å². The fraction of sp³-hybridized carbons (Fsp3) is 0.346. The predicted octanol–water partition coefficient (Wildman–Crippen LogP) is 5.15. The minimum absolute atomic E-state index is 0.0167. The average molecular weight is 451 g/mol. The van der Waals surface area contributed by atoms with Crippen molar-refractivity contribution in [3.63, 3.8) is 0 Å². The minimum atomic E-state index is -0.621. The number of hydrogen-bond acceptors (Lipinski definition) is 5. The van der Waals surface area contributed by atoms with Crippen LogP contribution in [0, 0.1) is 5.92 Å². The molecule has 0 spiro atoms. The molecule has 1 aliphatic heterocycles. The van der Waals surface area contributed by atoms with Gasteiger partial charge in [-0.25, -0.2) is 0 Å². The molecule has 3 atom stereocenters. The van der Waals surface area contributed by atoms with E-state index in [9.17, 15) is 9.59 Å². The number of rotatable bonds is 4. The third-order valence-electron chi connectivity index (χ3n) is 6.46. The Kier molecular flexibility index (Phi) is 6.20. The van der Waals surface area contributed by atoms with Gasteiger partial charge in [0.1, 0.15) is 5.92 Å². The molecule has 0 saturated heterocycles. The van der Waals surface area contributed by atoms with E-state index in [4.69, 9.17) is 21.3 Å². The summed E-state index contributed by atoms with van der Waals surface area (Å²) < 4.78 is 5.12. The van der Waals surface area contributed by atoms with Crippen LogP contribution in [0.25, 0.3) is 0 Å². The van der Waals surface area contributed by atoms with Crippen LogP contribution in [0.15, 0.2) is 64.8 Å². The van der Waals surface area contributed by atoms with Gasteiger partial charge in [0.25, 0.3) is 0 Å². The minimum Gasteiger partial charge on any atom is -0.468 e. The van der Waals surface area contributed by atoms with E-state index in [2.05, 4.69) is 0 Å². The van der Waals surface area contributed by atoms with Crippen LogP contribution in [0.2, 0.25) is 5.02 Å². The quantitative estimate of drug-likeness (QED) is 0.604. The number of carbonyl (C=O) groups excluding carboxylic acids is 2. The zero-order valence-electron chi connectivity index (χ0n) is 18.8. The summed E-state index contributed by atoms with van der Waals surface area (Å²) in [4.78, 5) is 33.1. The molecule has 6 heteroatoms. The maximum atomic E-state index is 13.5. The van der Waals surface area contributed by atoms with Crippen LogP contribution in [0.5, 0.6) is 0 Å². The summed E-state index contributed by atoms with van der Waals surface area (Å²) in [7, 11) is 5.33. The van der Waals surface area contributed by atoms with Crippen molar-refractivity contribution in [3.8, 4) is 0 Å². The average Bonchev–Trinajstić information content (AvgIpc) is 2.78. The van der Waals surface area contributed by atoms with E-state index in [0.717, 1.165) is 22.5 Å². The molecule has 0 fully saturated rings. The topological polar surface area (TPSA) is 59.0 Å². The van der Waals surface area contributed by atoms with Crippen molar-refractivity contribution in [3.05, 3.63) is 76.0 Å². The summed E-state index contributed by atoms with van der Waals surface area (Å²) in [6.07, 6.45) is 0.958. The highest BCUT2D eigenvalue weighted by Crippen LogP contribution is 2.47. The van der Waals surface area contributed by atoms with Crippen LogP contribution in [0.4, 0.5) is 5.69 Å². The van der Waals surface area contributed by atoms with Crippen molar-refractivity contribution >= 4 is 34.8 Å². The van der Waals surface area contributed by atoms with Gasteiger partial charge in [0, 0.05) is 54.1 Å². The molecular weight excluding hydrogens is 424 g/mol. The van der Waals surface area contributed by atoms with Crippen LogP contribution in [0.3, 0.4) is 0 Å². The second-order valence-corrected chi connectivity index (χ2v) is 9.04. The van der Waals surface area contributed by atoms with Crippen molar-refractivity contribution < 1.29 is 14.3 Å². The first-order chi connectivity index (χ1) is 15.3. The van der Waals surface area contributed by atoms with E-state index in [1.807, 2.05) is 74.4 Å². The molecule has 2 aromatic carbocycles. The standard InChI is InChI=1S/C26H27ClN2O3/c1-15-23(26(31)32-4)24(16-9-11-18(12-10-16)29(2)3)25-21(28-15)13-17(14-22(25)30)19-7-5-6-8-20(19)27/h5-12,17,23-24H,13-14H2,1-4H3/t17-,23?,24+/m1/s1. The van der Waals surface area contributed by atoms with E-state index in [-0.39, 0.29) is 17.7 Å². The van der Waals surface area contributed by atoms with Gasteiger partial charge in [-0.15, -0.1) is 0 Å². The molecule has 0 N–H and O–H groups in total. The van der Waals surface area contributed by atoms with Crippen LogP contribution in [0.1, 0.15) is 42.7 Å². The molecule has 0 bridgehead atoms. The van der Waals surface area contributed by atoms with Crippen molar-refractivity contribution in [1.29, 1.82) is 0 Å². The lowest BCUT2D eigenvalue weighted by molar-refractivity contribution is -0.143. The molecular formula is C26H27ClN2O3. The number of esters is 1. The summed E-state index contributed by atoms with van der Waals surface area (Å²) in [5, 5.41) is 0.661. The Morgan fingerprint density at radius 1 is 1.09 bits per heavy atom. The van der Waals surface area contributed by atoms with Gasteiger partial charge >= 0.3 is 5.97 Å². The molecule has 2 aliphatic rings. The van der Waals surface area contributed by atoms with Crippen molar-refractivity contribution in [2.45, 2.75) is 31.6 Å². The van der Waals surface area contributed by atoms with E-state index in [1.54, 1.807) is 0 Å². The number of Topliss-reactive ketones (excluding diaryl/α,β-unsaturated/α-hetero) is 1. The first-order valence-corrected chi connectivity index (χ1v) is 11.1. The van der Waals surface area contributed by atoms with E-state index in [1.165, 1.54) is 7.11 Å². The summed E-state index contributed by atoms with van der Waals surface area (Å²) in [6.45, 7) is 1.84. The molecule has 4 rings (SSSR count). The van der Waals surface area contributed by atoms with Crippen LogP contribution < -0.4 is 4.90 Å². The number of anilines is 1. The van der Waals surface area contributed by atoms with Crippen molar-refractivity contribution in [1.82, 2.24) is 0 Å². The Morgan fingerprint density at radius 2 is 1.78 bits per heavy atom. The monoisotopic (exact) mass is 450 g/mol. The number of carbonyl (C=O) groups is 2. The zero-order valence-corrected chi connectivity index (χ0v) is 19.5. The molecule has 1 unspecified atom stereocenters. The number of hydrogen-bond donors (Lipinski definition) is 0. The summed E-state index contributed by atoms with van der Waals surface area (Å²) in [5.41, 5.74) is 4.98. The lowest BCUT2D eigenvalue weighted by Crippen LogP contribution is -2.37. The predicted molar refractivity (Wildman–Crippen MR) is 128 cm³/mol. The van der Waals surface area contributed by atoms with Crippen LogP contribution in [-0.2, 0) is 14.3 Å². The molecule has 1 heterocycles. The van der Waals surface area contributed by atoms with Crippen molar-refractivity contribution in [2.75, 3.05) is 26.1 Å². The number of benzene rings is 2. The summed E-state index contributed by atoms with van der Waals surface area (Å²) >= 11 is 6.43. The Hall–Kier alpha value is -2.92. The lowest BCUT2D eigenvalue weighted by Gasteiger charge is -2.36. The first kappa shape index (κ1) is 22.3. The van der Waals surface area contributed by atoms with Crippen LogP contribution in [-0.4, -0.2) is 38.7 Å². The molecule has 32 heavy (non-hydrogen) atoms. The van der Waals surface area contributed by atoms with Gasteiger partial charge in [-0.05, 0) is 48.6 Å². The van der Waals surface area contributed by atoms with Gasteiger partial charge in [0.15, 0.2) is 5.78 Å². The Balaban J connectivity index is 1.80. The number of allylic oxidation sites excluding steroid dienone is 2. The third kappa shape index (κ3) is 3.97. The number of halogens is 1. The zero-order chi connectivity index (χ0) is 23.0. The largest absolute Gasteiger partial charge is 0.468 e. The van der Waals surface area contributed by atoms with Gasteiger partial charge in [-0.3, -0.25) is 14.6 Å². The number of aliphatic imine (C=N–C) groups is 1. The number of nitrogens with zero attached hydrogens (tertiary/aromatic N) is 2. The maximum absolute atomic E-state index is 13.5. The number of methoxy groups -OCH3 is 1. The smallest absolute Gasteiger partial charge is 0.315 e. The maximum Gasteiger partial charge on any atom is 0.315 e. The second-order valence-electron chi connectivity index (χ2n) is 8.63. The normalized spacial score (nSPS) is 22.8. The van der Waals surface area contributed by atoms with E-state index >= 15 is 0 Å². The summed E-state index contributed by atoms with van der Waals surface area (Å²) in [6, 6.07) is 15.6. The van der Waals surface area contributed by atoms with E-state index < -0.39 is 11.8 Å². The lowest BCUT2D eigenvalue weighted by atomic mass is 9.69. The number of ketones is 1. The van der Waals surface area contributed by atoms with Gasteiger partial charge in [-0.1, -0.05) is 41.9 Å². The SMILES string of the molecule is COC(=O)C1C(C)=NC2=C(C(=O)C[C@H](c3ccccc3Cl)C2)[C@H]1c1ccc(N(C)C)cc1. The Labute approximate surface area is 193 Å². The molecule has 0 amide bonds. The first-order valence-electron chi connectivity index (χ1n) is 10.7. The third-order valence-corrected chi connectivity index (χ3v) is 6.80. The van der Waals surface area contributed by atoms with Gasteiger partial charge < -0.3 is 9.64 Å². The van der Waals surface area contributed by atoms with Crippen molar-refractivity contribution in [2.24, 2.45) is 10.9 Å². The van der Waals surface area contributed by atoms with Gasteiger partial charge in [0.05, 0.1) is 7.11 Å². The molecule has 166 valence electrons. The Morgan fingerprint density at radius 3 is 2.41 bits per heavy atom. The second kappa shape index (κ2) is 8.91.